The zero-order chi connectivity index (χ0) is 14.2. The zero-order valence-corrected chi connectivity index (χ0v) is 11.7. The van der Waals surface area contributed by atoms with Crippen LogP contribution in [0.2, 0.25) is 0 Å². The fourth-order valence-electron chi connectivity index (χ4n) is 2.02. The van der Waals surface area contributed by atoms with Crippen LogP contribution in [0.3, 0.4) is 0 Å². The van der Waals surface area contributed by atoms with E-state index in [2.05, 4.69) is 15.1 Å². The zero-order valence-electron chi connectivity index (χ0n) is 10.9. The molecule has 8 heteroatoms. The molecule has 1 fully saturated rings. The molecule has 1 aliphatic heterocycles. The lowest BCUT2D eigenvalue weighted by molar-refractivity contribution is 0.217. The van der Waals surface area contributed by atoms with Crippen molar-refractivity contribution in [1.82, 2.24) is 19.4 Å². The highest BCUT2D eigenvalue weighted by atomic mass is 32.2. The summed E-state index contributed by atoms with van der Waals surface area (Å²) < 4.78 is 29.9. The normalized spacial score (nSPS) is 17.1. The maximum absolute atomic E-state index is 11.6. The van der Waals surface area contributed by atoms with Crippen molar-refractivity contribution in [2.75, 3.05) is 18.8 Å². The van der Waals surface area contributed by atoms with E-state index in [4.69, 9.17) is 4.52 Å². The minimum absolute atomic E-state index is 0.0192. The molecule has 0 atom stereocenters. The van der Waals surface area contributed by atoms with Crippen LogP contribution in [0.15, 0.2) is 29.0 Å². The molecule has 2 aromatic rings. The van der Waals surface area contributed by atoms with Gasteiger partial charge in [0.25, 0.3) is 0 Å². The minimum atomic E-state index is -3.11. The number of sulfonamides is 1. The summed E-state index contributed by atoms with van der Waals surface area (Å²) in [6, 6.07) is 3.64. The van der Waals surface area contributed by atoms with E-state index in [0.29, 0.717) is 24.8 Å². The molecular weight excluding hydrogens is 280 g/mol. The Morgan fingerprint density at radius 1 is 1.45 bits per heavy atom. The molecule has 106 valence electrons. The van der Waals surface area contributed by atoms with Crippen molar-refractivity contribution in [3.8, 4) is 11.4 Å². The van der Waals surface area contributed by atoms with E-state index in [-0.39, 0.29) is 11.7 Å². The molecule has 7 nitrogen and oxygen atoms in total. The Hall–Kier alpha value is -1.80. The second-order valence-electron chi connectivity index (χ2n) is 4.61. The van der Waals surface area contributed by atoms with Gasteiger partial charge in [-0.05, 0) is 19.1 Å². The Balaban J connectivity index is 1.71. The molecule has 0 aliphatic carbocycles. The van der Waals surface area contributed by atoms with Crippen LogP contribution in [0.25, 0.3) is 11.4 Å². The highest BCUT2D eigenvalue weighted by Crippen LogP contribution is 2.29. The van der Waals surface area contributed by atoms with Gasteiger partial charge in [0.1, 0.15) is 0 Å². The van der Waals surface area contributed by atoms with Crippen LogP contribution in [-0.2, 0) is 10.0 Å². The van der Waals surface area contributed by atoms with Gasteiger partial charge in [-0.3, -0.25) is 4.98 Å². The molecule has 0 radical (unpaired) electrons. The van der Waals surface area contributed by atoms with Crippen LogP contribution >= 0.6 is 0 Å². The largest absolute Gasteiger partial charge is 0.339 e. The van der Waals surface area contributed by atoms with E-state index >= 15 is 0 Å². The van der Waals surface area contributed by atoms with E-state index in [1.807, 2.05) is 6.07 Å². The monoisotopic (exact) mass is 294 g/mol. The summed E-state index contributed by atoms with van der Waals surface area (Å²) in [6.07, 6.45) is 3.33. The molecule has 0 amide bonds. The van der Waals surface area contributed by atoms with Crippen LogP contribution in [0.5, 0.6) is 0 Å². The van der Waals surface area contributed by atoms with Gasteiger partial charge in [-0.15, -0.1) is 0 Å². The van der Waals surface area contributed by atoms with Crippen molar-refractivity contribution in [2.45, 2.75) is 12.8 Å². The van der Waals surface area contributed by atoms with Gasteiger partial charge in [-0.2, -0.15) is 4.98 Å². The van der Waals surface area contributed by atoms with Crippen LogP contribution < -0.4 is 0 Å². The predicted octanol–water partition coefficient (Wildman–Crippen LogP) is 0.881. The first kappa shape index (κ1) is 13.2. The van der Waals surface area contributed by atoms with Gasteiger partial charge in [0.15, 0.2) is 0 Å². The average Bonchev–Trinajstić information content (AvgIpc) is 2.87. The first-order valence-electron chi connectivity index (χ1n) is 6.32. The summed E-state index contributed by atoms with van der Waals surface area (Å²) >= 11 is 0. The van der Waals surface area contributed by atoms with Crippen LogP contribution in [0.1, 0.15) is 18.7 Å². The highest BCUT2D eigenvalue weighted by Gasteiger charge is 2.38. The third-order valence-corrected chi connectivity index (χ3v) is 5.13. The Labute approximate surface area is 116 Å². The molecule has 0 unspecified atom stereocenters. The molecule has 3 rings (SSSR count). The fourth-order valence-corrected chi connectivity index (χ4v) is 3.20. The standard InChI is InChI=1S/C12H14N4O3S/c1-2-20(17,18)16-7-10(8-16)12-14-11(15-19-12)9-4-3-5-13-6-9/h3-6,10H,2,7-8H2,1H3. The topological polar surface area (TPSA) is 89.2 Å². The van der Waals surface area contributed by atoms with Gasteiger partial charge in [0, 0.05) is 31.0 Å². The van der Waals surface area contributed by atoms with E-state index in [1.165, 1.54) is 4.31 Å². The maximum Gasteiger partial charge on any atom is 0.232 e. The fraction of sp³-hybridized carbons (Fsp3) is 0.417. The third-order valence-electron chi connectivity index (χ3n) is 3.32. The van der Waals surface area contributed by atoms with Crippen molar-refractivity contribution < 1.29 is 12.9 Å². The quantitative estimate of drug-likeness (QED) is 0.831. The lowest BCUT2D eigenvalue weighted by Gasteiger charge is -2.35. The maximum atomic E-state index is 11.6. The summed E-state index contributed by atoms with van der Waals surface area (Å²) in [7, 11) is -3.11. The molecule has 1 saturated heterocycles. The van der Waals surface area contributed by atoms with E-state index in [1.54, 1.807) is 25.4 Å². The molecule has 3 heterocycles. The number of nitrogens with zero attached hydrogens (tertiary/aromatic N) is 4. The summed E-state index contributed by atoms with van der Waals surface area (Å²) in [4.78, 5) is 8.30. The van der Waals surface area contributed by atoms with Gasteiger partial charge < -0.3 is 4.52 Å². The molecule has 2 aromatic heterocycles. The Kier molecular flexibility index (Phi) is 3.27. The van der Waals surface area contributed by atoms with Crippen LogP contribution in [0, 0.1) is 0 Å². The van der Waals surface area contributed by atoms with Crippen molar-refractivity contribution in [3.63, 3.8) is 0 Å². The van der Waals surface area contributed by atoms with Crippen molar-refractivity contribution in [1.29, 1.82) is 0 Å². The number of aromatic nitrogens is 3. The summed E-state index contributed by atoms with van der Waals surface area (Å²) in [5.74, 6) is 1.05. The smallest absolute Gasteiger partial charge is 0.232 e. The second-order valence-corrected chi connectivity index (χ2v) is 6.87. The summed E-state index contributed by atoms with van der Waals surface area (Å²) in [6.45, 7) is 2.45. The molecule has 20 heavy (non-hydrogen) atoms. The molecular formula is C12H14N4O3S. The lowest BCUT2D eigenvalue weighted by Crippen LogP contribution is -2.49. The van der Waals surface area contributed by atoms with Gasteiger partial charge in [-0.1, -0.05) is 5.16 Å². The summed E-state index contributed by atoms with van der Waals surface area (Å²) in [5.41, 5.74) is 0.778. The molecule has 0 aromatic carbocycles. The van der Waals surface area contributed by atoms with Gasteiger partial charge >= 0.3 is 0 Å². The highest BCUT2D eigenvalue weighted by molar-refractivity contribution is 7.89. The van der Waals surface area contributed by atoms with Gasteiger partial charge in [0.05, 0.1) is 11.7 Å². The van der Waals surface area contributed by atoms with Crippen LogP contribution in [0.4, 0.5) is 0 Å². The molecule has 1 aliphatic rings. The van der Waals surface area contributed by atoms with Crippen molar-refractivity contribution in [2.24, 2.45) is 0 Å². The first-order valence-corrected chi connectivity index (χ1v) is 7.93. The molecule has 0 N–H and O–H groups in total. The van der Waals surface area contributed by atoms with Crippen LogP contribution in [-0.4, -0.2) is 46.7 Å². The lowest BCUT2D eigenvalue weighted by atomic mass is 10.0. The van der Waals surface area contributed by atoms with Crippen molar-refractivity contribution in [3.05, 3.63) is 30.4 Å². The molecule has 0 spiro atoms. The van der Waals surface area contributed by atoms with E-state index < -0.39 is 10.0 Å². The van der Waals surface area contributed by atoms with Gasteiger partial charge in [-0.25, -0.2) is 12.7 Å². The number of rotatable bonds is 4. The second kappa shape index (κ2) is 4.95. The number of hydrogen-bond acceptors (Lipinski definition) is 6. The first-order chi connectivity index (χ1) is 9.60. The van der Waals surface area contributed by atoms with Crippen molar-refractivity contribution >= 4 is 10.0 Å². The Morgan fingerprint density at radius 3 is 2.90 bits per heavy atom. The average molecular weight is 294 g/mol. The summed E-state index contributed by atoms with van der Waals surface area (Å²) in [5, 5.41) is 3.90. The molecule has 0 bridgehead atoms. The predicted molar refractivity (Wildman–Crippen MR) is 71.3 cm³/mol. The third kappa shape index (κ3) is 2.32. The SMILES string of the molecule is CCS(=O)(=O)N1CC(c2nc(-c3cccnc3)no2)C1. The Morgan fingerprint density at radius 2 is 2.25 bits per heavy atom. The Bertz CT molecular complexity index is 693. The van der Waals surface area contributed by atoms with Gasteiger partial charge in [0.2, 0.25) is 21.7 Å². The van der Waals surface area contributed by atoms with E-state index in [0.717, 1.165) is 5.56 Å². The molecule has 0 saturated carbocycles. The van der Waals surface area contributed by atoms with E-state index in [9.17, 15) is 8.42 Å². The number of hydrogen-bond donors (Lipinski definition) is 0. The number of pyridine rings is 1. The minimum Gasteiger partial charge on any atom is -0.339 e.